The summed E-state index contributed by atoms with van der Waals surface area (Å²) in [6, 6.07) is 65.5. The van der Waals surface area contributed by atoms with Gasteiger partial charge in [0, 0.05) is 0 Å². The Morgan fingerprint density at radius 1 is 0.521 bits per heavy atom. The molecule has 0 unspecified atom stereocenters. The smallest absolute Gasteiger partial charge is 0.351 e. The molecule has 241 valence electrons. The maximum Gasteiger partial charge on any atom is 0.351 e. The highest BCUT2D eigenvalue weighted by Crippen LogP contribution is 2.55. The van der Waals surface area contributed by atoms with E-state index in [4.69, 9.17) is 19.8 Å². The predicted octanol–water partition coefficient (Wildman–Crippen LogP) is 5.86. The highest BCUT2D eigenvalue weighted by atomic mass is 31.2. The number of carbonyl (C=O) groups excluding carboxylic acids is 1. The normalized spacial score (nSPS) is 10.5. The van der Waals surface area contributed by atoms with Gasteiger partial charge in [0.1, 0.15) is 23.2 Å². The molecule has 6 rings (SSSR count). The number of rotatable bonds is 9. The minimum atomic E-state index is -2.07. The Balaban J connectivity index is 0.000000188. The van der Waals surface area contributed by atoms with E-state index < -0.39 is 27.1 Å². The van der Waals surface area contributed by atoms with E-state index >= 15 is 0 Å². The fourth-order valence-electron chi connectivity index (χ4n) is 5.41. The Hall–Kier alpha value is -4.88. The summed E-state index contributed by atoms with van der Waals surface area (Å²) in [4.78, 5) is 18.0. The monoisotopic (exact) mass is 669 g/mol. The quantitative estimate of drug-likeness (QED) is 0.155. The highest BCUT2D eigenvalue weighted by Gasteiger charge is 2.44. The number of benzene rings is 6. The molecule has 0 amide bonds. The van der Waals surface area contributed by atoms with Crippen LogP contribution in [0.4, 0.5) is 0 Å². The van der Waals surface area contributed by atoms with Gasteiger partial charge in [-0.2, -0.15) is 0 Å². The van der Waals surface area contributed by atoms with E-state index in [1.807, 2.05) is 0 Å². The SMILES string of the molecule is O=C([O-])C(=O)O.[CH2]CCC[P+](c1ccccc1)(c1ccccc1)c1ccccc1.c1ccc(P(c2ccccc2)c2ccccc2)cc1. The van der Waals surface area contributed by atoms with Gasteiger partial charge in [-0.05, 0) is 73.1 Å². The number of hydrogen-bond donors (Lipinski definition) is 1. The first kappa shape index (κ1) is 36.0. The topological polar surface area (TPSA) is 77.4 Å². The van der Waals surface area contributed by atoms with Gasteiger partial charge < -0.3 is 15.0 Å². The molecule has 0 aliphatic heterocycles. The number of carboxylic acid groups (broad SMARTS) is 2. The predicted molar refractivity (Wildman–Crippen MR) is 202 cm³/mol. The minimum absolute atomic E-state index is 0.446. The van der Waals surface area contributed by atoms with Crippen LogP contribution in [-0.4, -0.2) is 23.2 Å². The van der Waals surface area contributed by atoms with Gasteiger partial charge in [0.2, 0.25) is 0 Å². The van der Waals surface area contributed by atoms with Crippen molar-refractivity contribution in [2.24, 2.45) is 0 Å². The molecule has 4 nitrogen and oxygen atoms in total. The van der Waals surface area contributed by atoms with Gasteiger partial charge in [0.15, 0.2) is 5.97 Å². The fourth-order valence-corrected chi connectivity index (χ4v) is 12.1. The van der Waals surface area contributed by atoms with E-state index in [2.05, 4.69) is 189 Å². The molecule has 1 radical (unpaired) electrons. The Bertz CT molecular complexity index is 1580. The third-order valence-corrected chi connectivity index (χ3v) is 14.5. The molecule has 48 heavy (non-hydrogen) atoms. The minimum Gasteiger partial charge on any atom is -0.539 e. The van der Waals surface area contributed by atoms with Crippen molar-refractivity contribution in [1.29, 1.82) is 0 Å². The standard InChI is InChI=1S/C22H23P.C18H15P.C2H2O4/c1-2-3-19-23(20-13-7-4-8-14-20,21-15-9-5-10-16-21)22-17-11-6-12-18-22;1-4-10-16(11-5-1)19(17-12-6-2-7-13-17)18-14-8-3-9-15-18;3-1(4)2(5)6/h4-18H,1-3,19H2;1-15H;(H,3,4)(H,5,6)/q+1;;/p-1. The maximum absolute atomic E-state index is 9.04. The first-order valence-electron chi connectivity index (χ1n) is 15.7. The van der Waals surface area contributed by atoms with Crippen LogP contribution in [0.2, 0.25) is 0 Å². The third kappa shape index (κ3) is 9.81. The average molecular weight is 670 g/mol. The number of carboxylic acids is 2. The molecular weight excluding hydrogens is 630 g/mol. The van der Waals surface area contributed by atoms with Gasteiger partial charge in [-0.3, -0.25) is 0 Å². The highest BCUT2D eigenvalue weighted by molar-refractivity contribution is 7.95. The van der Waals surface area contributed by atoms with Crippen LogP contribution in [0.5, 0.6) is 0 Å². The molecule has 0 fully saturated rings. The Morgan fingerprint density at radius 2 is 0.771 bits per heavy atom. The summed E-state index contributed by atoms with van der Waals surface area (Å²) in [6.07, 6.45) is 3.30. The summed E-state index contributed by atoms with van der Waals surface area (Å²) in [5.74, 6) is -4.01. The largest absolute Gasteiger partial charge is 0.539 e. The van der Waals surface area contributed by atoms with E-state index in [-0.39, 0.29) is 0 Å². The van der Waals surface area contributed by atoms with Gasteiger partial charge in [0.25, 0.3) is 0 Å². The zero-order valence-electron chi connectivity index (χ0n) is 26.7. The van der Waals surface area contributed by atoms with E-state index in [0.29, 0.717) is 0 Å². The van der Waals surface area contributed by atoms with Crippen molar-refractivity contribution in [3.63, 3.8) is 0 Å². The first-order chi connectivity index (χ1) is 23.5. The molecule has 0 bridgehead atoms. The lowest BCUT2D eigenvalue weighted by Gasteiger charge is -2.27. The lowest BCUT2D eigenvalue weighted by Crippen LogP contribution is -2.33. The number of aliphatic carboxylic acids is 2. The fraction of sp³-hybridized carbons (Fsp3) is 0.0714. The summed E-state index contributed by atoms with van der Waals surface area (Å²) >= 11 is 0. The second-order valence-electron chi connectivity index (χ2n) is 10.7. The summed E-state index contributed by atoms with van der Waals surface area (Å²) in [7, 11) is -2.06. The number of carbonyl (C=O) groups is 2. The first-order valence-corrected chi connectivity index (χ1v) is 19.0. The van der Waals surface area contributed by atoms with E-state index in [0.717, 1.165) is 12.8 Å². The van der Waals surface area contributed by atoms with Gasteiger partial charge in [-0.15, -0.1) is 0 Å². The molecule has 0 aliphatic rings. The van der Waals surface area contributed by atoms with Crippen molar-refractivity contribution < 1.29 is 19.8 Å². The van der Waals surface area contributed by atoms with E-state index in [9.17, 15) is 0 Å². The molecule has 0 aliphatic carbocycles. The Kier molecular flexibility index (Phi) is 14.3. The third-order valence-electron chi connectivity index (χ3n) is 7.55. The molecule has 6 heteroatoms. The summed E-state index contributed by atoms with van der Waals surface area (Å²) in [5.41, 5.74) is 0. The average Bonchev–Trinajstić information content (AvgIpc) is 3.15. The molecule has 0 spiro atoms. The van der Waals surface area contributed by atoms with Crippen LogP contribution in [0.1, 0.15) is 12.8 Å². The zero-order chi connectivity index (χ0) is 34.0. The molecule has 0 saturated carbocycles. The van der Waals surface area contributed by atoms with Crippen molar-refractivity contribution in [1.82, 2.24) is 0 Å². The maximum atomic E-state index is 9.04. The van der Waals surface area contributed by atoms with Gasteiger partial charge in [0.05, 0.1) is 6.16 Å². The molecule has 1 N–H and O–H groups in total. The van der Waals surface area contributed by atoms with Crippen molar-refractivity contribution in [3.8, 4) is 0 Å². The van der Waals surface area contributed by atoms with Crippen molar-refractivity contribution in [3.05, 3.63) is 189 Å². The second kappa shape index (κ2) is 19.1. The van der Waals surface area contributed by atoms with Crippen LogP contribution in [0, 0.1) is 6.92 Å². The molecule has 6 aromatic carbocycles. The Morgan fingerprint density at radius 3 is 1.00 bits per heavy atom. The van der Waals surface area contributed by atoms with Gasteiger partial charge in [-0.1, -0.05) is 153 Å². The molecular formula is C42H39O4P2. The van der Waals surface area contributed by atoms with Crippen LogP contribution >= 0.6 is 15.2 Å². The molecule has 0 atom stereocenters. The molecule has 0 saturated heterocycles. The summed E-state index contributed by atoms with van der Waals surface area (Å²) in [5, 5.41) is 24.9. The summed E-state index contributed by atoms with van der Waals surface area (Å²) in [6.45, 7) is 4.09. The van der Waals surface area contributed by atoms with E-state index in [1.165, 1.54) is 38.0 Å². The van der Waals surface area contributed by atoms with Crippen molar-refractivity contribution in [2.45, 2.75) is 12.8 Å². The lowest BCUT2D eigenvalue weighted by atomic mass is 10.3. The second-order valence-corrected chi connectivity index (χ2v) is 16.5. The lowest BCUT2D eigenvalue weighted by molar-refractivity contribution is -0.303. The van der Waals surface area contributed by atoms with Gasteiger partial charge >= 0.3 is 5.97 Å². The molecule has 0 aromatic heterocycles. The van der Waals surface area contributed by atoms with Crippen LogP contribution in [0.15, 0.2) is 182 Å². The molecule has 6 aromatic rings. The zero-order valence-corrected chi connectivity index (χ0v) is 28.5. The number of unbranched alkanes of at least 4 members (excludes halogenated alkanes) is 1. The molecule has 0 heterocycles. The number of hydrogen-bond acceptors (Lipinski definition) is 3. The van der Waals surface area contributed by atoms with Crippen molar-refractivity contribution >= 4 is 58.9 Å². The van der Waals surface area contributed by atoms with Crippen LogP contribution in [0.25, 0.3) is 0 Å². The van der Waals surface area contributed by atoms with Crippen LogP contribution < -0.4 is 36.9 Å². The Labute approximate surface area is 285 Å². The van der Waals surface area contributed by atoms with Gasteiger partial charge in [-0.25, -0.2) is 4.79 Å². The van der Waals surface area contributed by atoms with Crippen molar-refractivity contribution in [2.75, 3.05) is 6.16 Å². The van der Waals surface area contributed by atoms with Crippen LogP contribution in [0.3, 0.4) is 0 Å². The summed E-state index contributed by atoms with van der Waals surface area (Å²) < 4.78 is 0. The van der Waals surface area contributed by atoms with Crippen LogP contribution in [-0.2, 0) is 9.59 Å². The van der Waals surface area contributed by atoms with E-state index in [1.54, 1.807) is 0 Å².